The molecule has 0 bridgehead atoms. The van der Waals surface area contributed by atoms with E-state index in [-0.39, 0.29) is 30.4 Å². The summed E-state index contributed by atoms with van der Waals surface area (Å²) in [5.74, 6) is 0.884. The number of aromatic amines is 1. The van der Waals surface area contributed by atoms with Gasteiger partial charge in [0.05, 0.1) is 13.2 Å². The topological polar surface area (TPSA) is 65.6 Å². The van der Waals surface area contributed by atoms with Gasteiger partial charge in [-0.15, -0.1) is 0 Å². The summed E-state index contributed by atoms with van der Waals surface area (Å²) in [6.45, 7) is 0.177. The molecule has 2 amide bonds. The molecule has 0 unspecified atom stereocenters. The van der Waals surface area contributed by atoms with Gasteiger partial charge < -0.3 is 19.5 Å². The molecule has 1 aliphatic carbocycles. The smallest absolute Gasteiger partial charge is 0.246 e. The van der Waals surface area contributed by atoms with Gasteiger partial charge in [-0.1, -0.05) is 56.0 Å². The van der Waals surface area contributed by atoms with Gasteiger partial charge in [0, 0.05) is 29.1 Å². The molecule has 1 saturated heterocycles. The van der Waals surface area contributed by atoms with E-state index < -0.39 is 6.04 Å². The number of H-pyrrole nitrogens is 1. The Kier molecular flexibility index (Phi) is 5.31. The van der Waals surface area contributed by atoms with Crippen LogP contribution in [0.25, 0.3) is 10.9 Å². The molecule has 176 valence electrons. The molecule has 3 aromatic rings. The second-order valence-corrected chi connectivity index (χ2v) is 9.87. The van der Waals surface area contributed by atoms with Crippen LogP contribution in [-0.4, -0.2) is 52.3 Å². The zero-order chi connectivity index (χ0) is 23.2. The lowest BCUT2D eigenvalue weighted by molar-refractivity contribution is -0.161. The Hall–Kier alpha value is -3.28. The van der Waals surface area contributed by atoms with Gasteiger partial charge in [-0.2, -0.15) is 0 Å². The number of carbonyl (C=O) groups is 2. The molecule has 0 spiro atoms. The Morgan fingerprint density at radius 3 is 2.56 bits per heavy atom. The van der Waals surface area contributed by atoms with Gasteiger partial charge in [0.2, 0.25) is 11.8 Å². The van der Waals surface area contributed by atoms with Crippen LogP contribution in [0.2, 0.25) is 0 Å². The quantitative estimate of drug-likeness (QED) is 0.586. The van der Waals surface area contributed by atoms with Crippen LogP contribution >= 0.6 is 0 Å². The van der Waals surface area contributed by atoms with Gasteiger partial charge in [-0.25, -0.2) is 0 Å². The number of fused-ring (bicyclic) bond motifs is 4. The van der Waals surface area contributed by atoms with Crippen LogP contribution in [0.5, 0.6) is 5.75 Å². The van der Waals surface area contributed by atoms with Crippen molar-refractivity contribution in [3.8, 4) is 5.75 Å². The van der Waals surface area contributed by atoms with Crippen LogP contribution < -0.4 is 4.74 Å². The Morgan fingerprint density at radius 2 is 1.76 bits per heavy atom. The Morgan fingerprint density at radius 1 is 0.971 bits per heavy atom. The van der Waals surface area contributed by atoms with Crippen molar-refractivity contribution >= 4 is 22.7 Å². The third kappa shape index (κ3) is 3.39. The highest BCUT2D eigenvalue weighted by atomic mass is 16.5. The van der Waals surface area contributed by atoms with Gasteiger partial charge in [0.25, 0.3) is 0 Å². The first-order valence-electron chi connectivity index (χ1n) is 12.5. The highest BCUT2D eigenvalue weighted by molar-refractivity contribution is 5.97. The predicted molar refractivity (Wildman–Crippen MR) is 131 cm³/mol. The average molecular weight is 458 g/mol. The molecule has 6 rings (SSSR count). The van der Waals surface area contributed by atoms with Gasteiger partial charge in [-0.3, -0.25) is 9.59 Å². The minimum atomic E-state index is -0.479. The van der Waals surface area contributed by atoms with E-state index in [2.05, 4.69) is 17.1 Å². The summed E-state index contributed by atoms with van der Waals surface area (Å²) in [7, 11) is 1.65. The lowest BCUT2D eigenvalue weighted by Gasteiger charge is -2.48. The van der Waals surface area contributed by atoms with E-state index >= 15 is 0 Å². The average Bonchev–Trinajstić information content (AvgIpc) is 3.02. The van der Waals surface area contributed by atoms with E-state index in [0.717, 1.165) is 59.2 Å². The first kappa shape index (κ1) is 21.3. The Labute approximate surface area is 199 Å². The molecule has 0 radical (unpaired) electrons. The first-order valence-corrected chi connectivity index (χ1v) is 12.5. The molecule has 2 aliphatic heterocycles. The molecule has 2 aromatic carbocycles. The summed E-state index contributed by atoms with van der Waals surface area (Å²) in [6, 6.07) is 15.5. The third-order valence-electron chi connectivity index (χ3n) is 7.97. The van der Waals surface area contributed by atoms with Crippen LogP contribution in [0.3, 0.4) is 0 Å². The van der Waals surface area contributed by atoms with Crippen molar-refractivity contribution in [3.05, 3.63) is 65.4 Å². The van der Waals surface area contributed by atoms with Crippen LogP contribution in [0.1, 0.15) is 61.4 Å². The molecule has 2 fully saturated rings. The molecule has 3 heterocycles. The van der Waals surface area contributed by atoms with E-state index in [4.69, 9.17) is 4.74 Å². The molecule has 6 heteroatoms. The SMILES string of the molecule is COc1cccc([C@@H]2c3[nH]c4ccccc4c3C[C@H]3C(=O)N(C4CCCCCC4)CC(=O)N23)c1. The molecule has 2 atom stereocenters. The largest absolute Gasteiger partial charge is 0.497 e. The first-order chi connectivity index (χ1) is 16.7. The highest BCUT2D eigenvalue weighted by Crippen LogP contribution is 2.43. The maximum absolute atomic E-state index is 14.0. The maximum atomic E-state index is 14.0. The zero-order valence-corrected chi connectivity index (χ0v) is 19.6. The lowest BCUT2D eigenvalue weighted by Crippen LogP contribution is -2.64. The number of amides is 2. The number of carbonyl (C=O) groups excluding carboxylic acids is 2. The fourth-order valence-electron chi connectivity index (χ4n) is 6.32. The molecule has 1 N–H and O–H groups in total. The number of nitrogens with one attached hydrogen (secondary N) is 1. The summed E-state index contributed by atoms with van der Waals surface area (Å²) in [4.78, 5) is 35.1. The molecule has 1 saturated carbocycles. The summed E-state index contributed by atoms with van der Waals surface area (Å²) in [5.41, 5.74) is 4.16. The van der Waals surface area contributed by atoms with Gasteiger partial charge >= 0.3 is 0 Å². The van der Waals surface area contributed by atoms with Crippen LogP contribution in [0.15, 0.2) is 48.5 Å². The number of para-hydroxylation sites is 1. The maximum Gasteiger partial charge on any atom is 0.246 e. The molecular weight excluding hydrogens is 426 g/mol. The number of hydrogen-bond donors (Lipinski definition) is 1. The predicted octanol–water partition coefficient (Wildman–Crippen LogP) is 4.58. The second kappa shape index (κ2) is 8.49. The Bertz CT molecular complexity index is 1240. The number of piperazine rings is 1. The molecule has 1 aromatic heterocycles. The van der Waals surface area contributed by atoms with Crippen molar-refractivity contribution in [2.75, 3.05) is 13.7 Å². The number of ether oxygens (including phenoxy) is 1. The number of hydrogen-bond acceptors (Lipinski definition) is 3. The van der Waals surface area contributed by atoms with E-state index in [1.807, 2.05) is 46.2 Å². The summed E-state index contributed by atoms with van der Waals surface area (Å²) in [5, 5.41) is 1.14. The van der Waals surface area contributed by atoms with Crippen molar-refractivity contribution < 1.29 is 14.3 Å². The zero-order valence-electron chi connectivity index (χ0n) is 19.6. The fourth-order valence-corrected chi connectivity index (χ4v) is 6.32. The normalized spacial score (nSPS) is 23.6. The molecule has 3 aliphatic rings. The second-order valence-electron chi connectivity index (χ2n) is 9.87. The van der Waals surface area contributed by atoms with Crippen molar-refractivity contribution in [2.24, 2.45) is 0 Å². The number of methoxy groups -OCH3 is 1. The van der Waals surface area contributed by atoms with E-state index in [1.165, 1.54) is 12.8 Å². The van der Waals surface area contributed by atoms with Crippen molar-refractivity contribution in [1.82, 2.24) is 14.8 Å². The van der Waals surface area contributed by atoms with Crippen molar-refractivity contribution in [1.29, 1.82) is 0 Å². The van der Waals surface area contributed by atoms with E-state index in [0.29, 0.717) is 6.42 Å². The van der Waals surface area contributed by atoms with Crippen LogP contribution in [0, 0.1) is 0 Å². The fraction of sp³-hybridized carbons (Fsp3) is 0.429. The summed E-state index contributed by atoms with van der Waals surface area (Å²) >= 11 is 0. The van der Waals surface area contributed by atoms with Crippen LogP contribution in [-0.2, 0) is 16.0 Å². The summed E-state index contributed by atoms with van der Waals surface area (Å²) < 4.78 is 5.50. The standard InChI is InChI=1S/C28H31N3O3/c1-34-20-12-8-9-18(15-20)27-26-22(21-13-6-7-14-23(21)29-26)16-24-28(33)30(17-25(32)31(24)27)19-10-4-2-3-5-11-19/h6-9,12-15,19,24,27,29H,2-5,10-11,16-17H2,1H3/t24-,27+/m0/s1. The van der Waals surface area contributed by atoms with Gasteiger partial charge in [-0.05, 0) is 42.2 Å². The summed E-state index contributed by atoms with van der Waals surface area (Å²) in [6.07, 6.45) is 7.27. The van der Waals surface area contributed by atoms with Crippen molar-refractivity contribution in [3.63, 3.8) is 0 Å². The number of nitrogens with zero attached hydrogens (tertiary/aromatic N) is 2. The van der Waals surface area contributed by atoms with Crippen molar-refractivity contribution in [2.45, 2.75) is 63.1 Å². The number of rotatable bonds is 3. The third-order valence-corrected chi connectivity index (χ3v) is 7.97. The highest BCUT2D eigenvalue weighted by Gasteiger charge is 2.49. The Balaban J connectivity index is 1.47. The molecule has 34 heavy (non-hydrogen) atoms. The van der Waals surface area contributed by atoms with Crippen LogP contribution in [0.4, 0.5) is 0 Å². The lowest BCUT2D eigenvalue weighted by atomic mass is 9.85. The van der Waals surface area contributed by atoms with E-state index in [9.17, 15) is 9.59 Å². The van der Waals surface area contributed by atoms with E-state index in [1.54, 1.807) is 7.11 Å². The molecular formula is C28H31N3O3. The monoisotopic (exact) mass is 457 g/mol. The minimum Gasteiger partial charge on any atom is -0.497 e. The minimum absolute atomic E-state index is 0.0333. The number of aromatic nitrogens is 1. The van der Waals surface area contributed by atoms with Gasteiger partial charge in [0.15, 0.2) is 0 Å². The van der Waals surface area contributed by atoms with Gasteiger partial charge in [0.1, 0.15) is 18.3 Å². The molecule has 6 nitrogen and oxygen atoms in total. The number of benzene rings is 2.